The normalized spacial score (nSPS) is 20.4. The van der Waals surface area contributed by atoms with E-state index in [2.05, 4.69) is 5.32 Å². The summed E-state index contributed by atoms with van der Waals surface area (Å²) in [6.07, 6.45) is 0.720. The van der Waals surface area contributed by atoms with E-state index in [0.29, 0.717) is 18.5 Å². The van der Waals surface area contributed by atoms with Crippen LogP contribution in [0.4, 0.5) is 0 Å². The van der Waals surface area contributed by atoms with Gasteiger partial charge in [-0.2, -0.15) is 0 Å². The summed E-state index contributed by atoms with van der Waals surface area (Å²) in [5.74, 6) is 0.977. The van der Waals surface area contributed by atoms with E-state index in [0.717, 1.165) is 5.75 Å². The second-order valence-electron chi connectivity index (χ2n) is 5.67. The van der Waals surface area contributed by atoms with Crippen molar-refractivity contribution in [3.8, 4) is 5.75 Å². The molecule has 1 saturated heterocycles. The highest BCUT2D eigenvalue weighted by Crippen LogP contribution is 2.18. The van der Waals surface area contributed by atoms with Crippen LogP contribution in [0.1, 0.15) is 30.6 Å². The maximum Gasteiger partial charge on any atom is 0.251 e. The average Bonchev–Trinajstić information content (AvgIpc) is 2.76. The molecule has 116 valence electrons. The number of rotatable bonds is 5. The number of ether oxygens (including phenoxy) is 1. The fraction of sp³-hybridized carbons (Fsp3) is 0.533. The molecule has 5 nitrogen and oxygen atoms in total. The topological polar surface area (TPSA) is 72.5 Å². The molecule has 0 aliphatic carbocycles. The molecule has 1 atom stereocenters. The lowest BCUT2D eigenvalue weighted by Crippen LogP contribution is -2.29. The van der Waals surface area contributed by atoms with Crippen LogP contribution in [0.3, 0.4) is 0 Å². The third-order valence-corrected chi connectivity index (χ3v) is 5.20. The first kappa shape index (κ1) is 15.8. The monoisotopic (exact) mass is 311 g/mol. The minimum atomic E-state index is -2.89. The summed E-state index contributed by atoms with van der Waals surface area (Å²) in [6, 6.07) is 6.93. The van der Waals surface area contributed by atoms with Gasteiger partial charge in [0.25, 0.3) is 5.91 Å². The van der Waals surface area contributed by atoms with Crippen molar-refractivity contribution < 1.29 is 17.9 Å². The van der Waals surface area contributed by atoms with E-state index in [4.69, 9.17) is 4.74 Å². The molecular formula is C15H21NO4S. The standard InChI is InChI=1S/C15H21NO4S/c1-11(2)20-14-5-3-13(4-6-14)15(17)16-9-12-7-8-21(18,19)10-12/h3-6,11-12H,7-10H2,1-2H3,(H,16,17). The van der Waals surface area contributed by atoms with Crippen molar-refractivity contribution in [2.24, 2.45) is 5.92 Å². The van der Waals surface area contributed by atoms with E-state index in [1.54, 1.807) is 24.3 Å². The van der Waals surface area contributed by atoms with Crippen LogP contribution in [0.5, 0.6) is 5.75 Å². The lowest BCUT2D eigenvalue weighted by atomic mass is 10.1. The van der Waals surface area contributed by atoms with Crippen LogP contribution in [0.25, 0.3) is 0 Å². The number of sulfone groups is 1. The van der Waals surface area contributed by atoms with Crippen LogP contribution < -0.4 is 10.1 Å². The van der Waals surface area contributed by atoms with Crippen LogP contribution in [0.15, 0.2) is 24.3 Å². The first-order valence-electron chi connectivity index (χ1n) is 7.11. The van der Waals surface area contributed by atoms with Crippen LogP contribution in [-0.4, -0.2) is 38.5 Å². The Balaban J connectivity index is 1.86. The summed E-state index contributed by atoms with van der Waals surface area (Å²) in [5.41, 5.74) is 0.548. The molecule has 1 aliphatic rings. The Labute approximate surface area is 125 Å². The Bertz CT molecular complexity index is 593. The first-order chi connectivity index (χ1) is 9.85. The van der Waals surface area contributed by atoms with Gasteiger partial charge in [0.2, 0.25) is 0 Å². The molecule has 21 heavy (non-hydrogen) atoms. The van der Waals surface area contributed by atoms with Crippen LogP contribution in [-0.2, 0) is 9.84 Å². The van der Waals surface area contributed by atoms with E-state index in [1.165, 1.54) is 0 Å². The third-order valence-electron chi connectivity index (χ3n) is 3.37. The van der Waals surface area contributed by atoms with Crippen molar-refractivity contribution in [1.82, 2.24) is 5.32 Å². The molecule has 1 aromatic carbocycles. The molecule has 0 bridgehead atoms. The van der Waals surface area contributed by atoms with Crippen molar-refractivity contribution in [2.45, 2.75) is 26.4 Å². The summed E-state index contributed by atoms with van der Waals surface area (Å²) in [6.45, 7) is 4.29. The van der Waals surface area contributed by atoms with Gasteiger partial charge in [-0.3, -0.25) is 4.79 Å². The van der Waals surface area contributed by atoms with Crippen molar-refractivity contribution >= 4 is 15.7 Å². The molecule has 0 radical (unpaired) electrons. The minimum Gasteiger partial charge on any atom is -0.491 e. The summed E-state index contributed by atoms with van der Waals surface area (Å²) in [7, 11) is -2.89. The number of carbonyl (C=O) groups is 1. The second kappa shape index (κ2) is 6.47. The molecule has 1 unspecified atom stereocenters. The van der Waals surface area contributed by atoms with Crippen LogP contribution >= 0.6 is 0 Å². The summed E-state index contributed by atoms with van der Waals surface area (Å²) >= 11 is 0. The number of benzene rings is 1. The summed E-state index contributed by atoms with van der Waals surface area (Å²) in [5, 5.41) is 2.79. The van der Waals surface area contributed by atoms with Gasteiger partial charge in [0.1, 0.15) is 5.75 Å². The molecule has 2 rings (SSSR count). The Morgan fingerprint density at radius 3 is 2.52 bits per heavy atom. The average molecular weight is 311 g/mol. The van der Waals surface area contributed by atoms with Gasteiger partial charge >= 0.3 is 0 Å². The zero-order valence-corrected chi connectivity index (χ0v) is 13.2. The fourth-order valence-electron chi connectivity index (χ4n) is 2.33. The smallest absolute Gasteiger partial charge is 0.251 e. The summed E-state index contributed by atoms with van der Waals surface area (Å²) < 4.78 is 28.2. The van der Waals surface area contributed by atoms with Gasteiger partial charge in [0.05, 0.1) is 17.6 Å². The number of hydrogen-bond acceptors (Lipinski definition) is 4. The van der Waals surface area contributed by atoms with E-state index in [9.17, 15) is 13.2 Å². The highest BCUT2D eigenvalue weighted by molar-refractivity contribution is 7.91. The minimum absolute atomic E-state index is 0.0301. The Hall–Kier alpha value is -1.56. The quantitative estimate of drug-likeness (QED) is 0.897. The van der Waals surface area contributed by atoms with Gasteiger partial charge < -0.3 is 10.1 Å². The number of nitrogens with one attached hydrogen (secondary N) is 1. The zero-order valence-electron chi connectivity index (χ0n) is 12.3. The van der Waals surface area contributed by atoms with Gasteiger partial charge in [-0.05, 0) is 50.5 Å². The number of hydrogen-bond donors (Lipinski definition) is 1. The molecular weight excluding hydrogens is 290 g/mol. The molecule has 0 aromatic heterocycles. The fourth-order valence-corrected chi connectivity index (χ4v) is 4.19. The van der Waals surface area contributed by atoms with E-state index >= 15 is 0 Å². The highest BCUT2D eigenvalue weighted by atomic mass is 32.2. The number of amides is 1. The zero-order chi connectivity index (χ0) is 15.5. The Morgan fingerprint density at radius 2 is 2.00 bits per heavy atom. The molecule has 1 aliphatic heterocycles. The SMILES string of the molecule is CC(C)Oc1ccc(C(=O)NCC2CCS(=O)(=O)C2)cc1. The van der Waals surface area contributed by atoms with E-state index < -0.39 is 9.84 Å². The maximum absolute atomic E-state index is 12.0. The van der Waals surface area contributed by atoms with Gasteiger partial charge in [0.15, 0.2) is 9.84 Å². The van der Waals surface area contributed by atoms with E-state index in [1.807, 2.05) is 13.8 Å². The maximum atomic E-state index is 12.0. The van der Waals surface area contributed by atoms with Crippen molar-refractivity contribution in [3.05, 3.63) is 29.8 Å². The van der Waals surface area contributed by atoms with Crippen molar-refractivity contribution in [1.29, 1.82) is 0 Å². The molecule has 1 fully saturated rings. The van der Waals surface area contributed by atoms with E-state index in [-0.39, 0.29) is 29.4 Å². The van der Waals surface area contributed by atoms with Gasteiger partial charge in [0, 0.05) is 12.1 Å². The van der Waals surface area contributed by atoms with Crippen molar-refractivity contribution in [2.75, 3.05) is 18.1 Å². The molecule has 1 aromatic rings. The lowest BCUT2D eigenvalue weighted by Gasteiger charge is -2.11. The summed E-state index contributed by atoms with van der Waals surface area (Å²) in [4.78, 5) is 12.0. The largest absolute Gasteiger partial charge is 0.491 e. The Kier molecular flexibility index (Phi) is 4.88. The van der Waals surface area contributed by atoms with Gasteiger partial charge in [-0.25, -0.2) is 8.42 Å². The van der Waals surface area contributed by atoms with Crippen LogP contribution in [0.2, 0.25) is 0 Å². The highest BCUT2D eigenvalue weighted by Gasteiger charge is 2.27. The predicted molar refractivity (Wildman–Crippen MR) is 81.3 cm³/mol. The molecule has 6 heteroatoms. The molecule has 0 saturated carbocycles. The Morgan fingerprint density at radius 1 is 1.33 bits per heavy atom. The molecule has 1 amide bonds. The number of carbonyl (C=O) groups excluding carboxylic acids is 1. The third kappa shape index (κ3) is 4.74. The van der Waals surface area contributed by atoms with Gasteiger partial charge in [-0.1, -0.05) is 0 Å². The second-order valence-corrected chi connectivity index (χ2v) is 7.90. The molecule has 1 N–H and O–H groups in total. The van der Waals surface area contributed by atoms with Crippen molar-refractivity contribution in [3.63, 3.8) is 0 Å². The molecule has 1 heterocycles. The first-order valence-corrected chi connectivity index (χ1v) is 8.93. The van der Waals surface area contributed by atoms with Gasteiger partial charge in [-0.15, -0.1) is 0 Å². The molecule has 0 spiro atoms. The lowest BCUT2D eigenvalue weighted by molar-refractivity contribution is 0.0948. The van der Waals surface area contributed by atoms with Crippen LogP contribution in [0, 0.1) is 5.92 Å². The predicted octanol–water partition coefficient (Wildman–Crippen LogP) is 1.64.